The van der Waals surface area contributed by atoms with Crippen LogP contribution in [0.5, 0.6) is 0 Å². The molecule has 0 radical (unpaired) electrons. The van der Waals surface area contributed by atoms with E-state index in [2.05, 4.69) is 57.4 Å². The van der Waals surface area contributed by atoms with Gasteiger partial charge in [0.2, 0.25) is 5.91 Å². The van der Waals surface area contributed by atoms with E-state index < -0.39 is 17.8 Å². The Morgan fingerprint density at radius 2 is 1.24 bits per heavy atom. The molecule has 5 rings (SSSR count). The number of fused-ring (bicyclic) bond motifs is 1. The zero-order chi connectivity index (χ0) is 46.9. The van der Waals surface area contributed by atoms with Crippen molar-refractivity contribution in [2.45, 2.75) is 94.4 Å². The summed E-state index contributed by atoms with van der Waals surface area (Å²) in [5.74, 6) is 0.892. The fourth-order valence-electron chi connectivity index (χ4n) is 7.87. The lowest BCUT2D eigenvalue weighted by Crippen LogP contribution is -2.39. The van der Waals surface area contributed by atoms with Gasteiger partial charge in [0.25, 0.3) is 6.64 Å². The van der Waals surface area contributed by atoms with Crippen molar-refractivity contribution < 1.29 is 47.1 Å². The van der Waals surface area contributed by atoms with E-state index in [0.29, 0.717) is 104 Å². The molecule has 2 heterocycles. The van der Waals surface area contributed by atoms with Crippen molar-refractivity contribution >= 4 is 42.1 Å². The average molecular weight is 973 g/mol. The van der Waals surface area contributed by atoms with Crippen LogP contribution in [0.2, 0.25) is 0 Å². The van der Waals surface area contributed by atoms with E-state index in [9.17, 15) is 9.59 Å². The second-order valence-corrected chi connectivity index (χ2v) is 21.5. The molecule has 2 saturated heterocycles. The molecule has 2 fully saturated rings. The molecule has 0 aromatic heterocycles. The first-order valence-corrected chi connectivity index (χ1v) is 27.1. The number of amides is 3. The molecule has 0 spiro atoms. The first-order chi connectivity index (χ1) is 32.0. The number of hydrogen-bond acceptors (Lipinski definition) is 12. The van der Waals surface area contributed by atoms with Crippen LogP contribution in [0, 0.1) is 0 Å². The molecule has 5 unspecified atom stereocenters. The minimum Gasteiger partial charge on any atom is -0.379 e. The lowest BCUT2D eigenvalue weighted by atomic mass is 9.79. The Morgan fingerprint density at radius 1 is 0.742 bits per heavy atom. The highest BCUT2D eigenvalue weighted by Crippen LogP contribution is 2.48. The maximum absolute atomic E-state index is 13.3. The summed E-state index contributed by atoms with van der Waals surface area (Å²) in [7, 11) is 0. The normalized spacial score (nSPS) is 18.6. The summed E-state index contributed by atoms with van der Waals surface area (Å²) >= 11 is 7.96. The fourth-order valence-corrected chi connectivity index (χ4v) is 12.2. The monoisotopic (exact) mass is 972 g/mol. The van der Waals surface area contributed by atoms with Gasteiger partial charge >= 0.3 is 6.03 Å². The summed E-state index contributed by atoms with van der Waals surface area (Å²) < 4.78 is 47.9. The van der Waals surface area contributed by atoms with Crippen LogP contribution >= 0.6 is 18.4 Å². The highest BCUT2D eigenvalue weighted by Gasteiger charge is 2.43. The van der Waals surface area contributed by atoms with Gasteiger partial charge in [-0.15, -0.1) is 0 Å². The first kappa shape index (κ1) is 54.0. The van der Waals surface area contributed by atoms with Crippen molar-refractivity contribution in [1.82, 2.24) is 21.0 Å². The summed E-state index contributed by atoms with van der Waals surface area (Å²) in [5.41, 5.74) is 1.43. The fraction of sp³-hybridized carbons (Fsp3) is 0.592. The Labute approximate surface area is 402 Å². The van der Waals surface area contributed by atoms with Gasteiger partial charge in [0, 0.05) is 37.1 Å². The van der Waals surface area contributed by atoms with Crippen molar-refractivity contribution in [3.63, 3.8) is 0 Å². The summed E-state index contributed by atoms with van der Waals surface area (Å²) in [4.78, 5) is 25.1. The Bertz CT molecular complexity index is 1770. The molecule has 5 atom stereocenters. The van der Waals surface area contributed by atoms with Gasteiger partial charge < -0.3 is 53.4 Å². The first-order valence-electron chi connectivity index (χ1n) is 23.4. The van der Waals surface area contributed by atoms with Crippen LogP contribution in [-0.2, 0) is 59.7 Å². The van der Waals surface area contributed by atoms with Gasteiger partial charge in [0.15, 0.2) is 0 Å². The van der Waals surface area contributed by atoms with Crippen molar-refractivity contribution in [1.29, 1.82) is 0 Å². The quantitative estimate of drug-likeness (QED) is 0.0204. The molecule has 3 amide bonds. The van der Waals surface area contributed by atoms with E-state index in [-0.39, 0.29) is 36.7 Å². The van der Waals surface area contributed by atoms with Crippen LogP contribution in [0.1, 0.15) is 76.5 Å². The third-order valence-electron chi connectivity index (χ3n) is 10.9. The maximum atomic E-state index is 13.3. The molecule has 2 aliphatic heterocycles. The molecular formula is C49H73N4O10PS2. The SMILES string of the molecule is CCOCCOCCOCCOCCOCCOP(=S)(NCCC(CCNC(=O)CCCC1SCC2NC(=O)NC21)OC(c1ccccc1)(c1ccccc1)c1ccccc1)OC(C)(C)C. The number of hydrogen-bond donors (Lipinski definition) is 4. The van der Waals surface area contributed by atoms with Crippen LogP contribution in [0.4, 0.5) is 4.79 Å². The lowest BCUT2D eigenvalue weighted by Gasteiger charge is -2.39. The van der Waals surface area contributed by atoms with Crippen LogP contribution in [0.3, 0.4) is 0 Å². The number of benzene rings is 3. The van der Waals surface area contributed by atoms with E-state index >= 15 is 0 Å². The summed E-state index contributed by atoms with van der Waals surface area (Å²) in [6.07, 6.45) is 2.74. The topological polar surface area (TPSA) is 156 Å². The molecule has 4 N–H and O–H groups in total. The van der Waals surface area contributed by atoms with Crippen molar-refractivity contribution in [2.75, 3.05) is 91.5 Å². The van der Waals surface area contributed by atoms with E-state index in [4.69, 9.17) is 49.3 Å². The number of carbonyl (C=O) groups excluding carboxylic acids is 2. The second kappa shape index (κ2) is 29.2. The van der Waals surface area contributed by atoms with Gasteiger partial charge in [-0.2, -0.15) is 11.8 Å². The minimum absolute atomic E-state index is 0.00314. The Morgan fingerprint density at radius 3 is 1.76 bits per heavy atom. The molecule has 366 valence electrons. The summed E-state index contributed by atoms with van der Waals surface area (Å²) in [6.45, 7) is 10.9. The number of ether oxygens (including phenoxy) is 6. The highest BCUT2D eigenvalue weighted by molar-refractivity contribution is 8.09. The van der Waals surface area contributed by atoms with E-state index in [1.165, 1.54) is 0 Å². The molecule has 66 heavy (non-hydrogen) atoms. The predicted octanol–water partition coefficient (Wildman–Crippen LogP) is 7.34. The zero-order valence-corrected chi connectivity index (χ0v) is 41.8. The molecule has 14 nitrogen and oxygen atoms in total. The average Bonchev–Trinajstić information content (AvgIpc) is 3.87. The molecule has 0 saturated carbocycles. The number of nitrogens with one attached hydrogen (secondary N) is 4. The van der Waals surface area contributed by atoms with Gasteiger partial charge in [0.1, 0.15) is 5.60 Å². The molecule has 17 heteroatoms. The molecule has 0 aliphatic carbocycles. The van der Waals surface area contributed by atoms with Crippen molar-refractivity contribution in [3.05, 3.63) is 108 Å². The van der Waals surface area contributed by atoms with Gasteiger partial charge in [-0.3, -0.25) is 4.79 Å². The molecule has 2 aliphatic rings. The third kappa shape index (κ3) is 18.5. The molecule has 3 aromatic carbocycles. The van der Waals surface area contributed by atoms with Crippen LogP contribution < -0.4 is 21.0 Å². The van der Waals surface area contributed by atoms with Crippen LogP contribution in [0.15, 0.2) is 91.0 Å². The molecular weight excluding hydrogens is 900 g/mol. The van der Waals surface area contributed by atoms with Crippen LogP contribution in [0.25, 0.3) is 0 Å². The standard InChI is InChI=1S/C49H73N4O10PS2/c1-5-56-28-29-57-30-31-58-32-33-59-34-35-60-36-37-61-64(65,63-48(2,3)4)51-27-25-42(24-26-50-45(54)23-15-22-44-46-43(38-66-44)52-47(55)53-46)62-49(39-16-9-6-10-17-39,40-18-11-7-12-19-40)41-20-13-8-14-21-41/h6-14,16-21,42-44,46H,5,15,22-38H2,1-4H3,(H,50,54)(H,51,65)(H2,52,53,55). The Balaban J connectivity index is 1.18. The number of carbonyl (C=O) groups is 2. The van der Waals surface area contributed by atoms with Gasteiger partial charge in [-0.1, -0.05) is 91.0 Å². The Kier molecular flexibility index (Phi) is 23.8. The smallest absolute Gasteiger partial charge is 0.315 e. The van der Waals surface area contributed by atoms with Gasteiger partial charge in [-0.05, 0) is 81.9 Å². The highest BCUT2D eigenvalue weighted by atomic mass is 32.5. The number of rotatable bonds is 34. The lowest BCUT2D eigenvalue weighted by molar-refractivity contribution is -0.121. The van der Waals surface area contributed by atoms with E-state index in [0.717, 1.165) is 35.3 Å². The van der Waals surface area contributed by atoms with Crippen molar-refractivity contribution in [2.24, 2.45) is 0 Å². The zero-order valence-electron chi connectivity index (χ0n) is 39.3. The minimum atomic E-state index is -3.00. The largest absolute Gasteiger partial charge is 0.379 e. The number of urea groups is 1. The van der Waals surface area contributed by atoms with Crippen molar-refractivity contribution in [3.8, 4) is 0 Å². The maximum Gasteiger partial charge on any atom is 0.315 e. The molecule has 0 bridgehead atoms. The van der Waals surface area contributed by atoms with Crippen LogP contribution in [-0.4, -0.2) is 132 Å². The second-order valence-electron chi connectivity index (χ2n) is 17.0. The van der Waals surface area contributed by atoms with E-state index in [1.54, 1.807) is 0 Å². The van der Waals surface area contributed by atoms with Gasteiger partial charge in [-0.25, -0.2) is 9.88 Å². The summed E-state index contributed by atoms with van der Waals surface area (Å²) in [5, 5.41) is 13.0. The van der Waals surface area contributed by atoms with Gasteiger partial charge in [0.05, 0.1) is 89.9 Å². The number of thioether (sulfide) groups is 1. The third-order valence-corrected chi connectivity index (χ3v) is 15.2. The Hall–Kier alpha value is -2.96. The predicted molar refractivity (Wildman–Crippen MR) is 265 cm³/mol. The summed E-state index contributed by atoms with van der Waals surface area (Å²) in [6, 6.07) is 31.0. The van der Waals surface area contributed by atoms with E-state index in [1.807, 2.05) is 94.1 Å². The molecule has 3 aromatic rings.